The molecular formula is C16H20F4N2O. The Balaban J connectivity index is 1.97. The molecule has 1 aliphatic rings. The van der Waals surface area contributed by atoms with E-state index in [1.54, 1.807) is 26.0 Å². The van der Waals surface area contributed by atoms with Crippen LogP contribution in [-0.4, -0.2) is 29.7 Å². The molecule has 1 saturated heterocycles. The molecule has 128 valence electrons. The van der Waals surface area contributed by atoms with Crippen LogP contribution in [0, 0.1) is 11.2 Å². The number of rotatable bonds is 5. The molecule has 1 heterocycles. The molecule has 0 saturated carbocycles. The Morgan fingerprint density at radius 3 is 2.35 bits per heavy atom. The van der Waals surface area contributed by atoms with Crippen LogP contribution in [-0.2, 0) is 11.2 Å². The topological polar surface area (TPSA) is 32.3 Å². The van der Waals surface area contributed by atoms with E-state index in [-0.39, 0.29) is 18.8 Å². The number of aryl methyl sites for hydroxylation is 1. The van der Waals surface area contributed by atoms with Gasteiger partial charge in [-0.1, -0.05) is 12.1 Å². The van der Waals surface area contributed by atoms with Crippen LogP contribution >= 0.6 is 0 Å². The van der Waals surface area contributed by atoms with E-state index in [4.69, 9.17) is 0 Å². The van der Waals surface area contributed by atoms with Crippen LogP contribution in [0.3, 0.4) is 0 Å². The lowest BCUT2D eigenvalue weighted by molar-refractivity contribution is -0.190. The first-order chi connectivity index (χ1) is 10.6. The monoisotopic (exact) mass is 332 g/mol. The summed E-state index contributed by atoms with van der Waals surface area (Å²) in [6, 6.07) is 4.00. The highest BCUT2D eigenvalue weighted by Gasteiger charge is 2.49. The summed E-state index contributed by atoms with van der Waals surface area (Å²) >= 11 is 0. The lowest BCUT2D eigenvalue weighted by Crippen LogP contribution is -2.50. The number of carbonyl (C=O) groups is 1. The molecule has 0 aliphatic carbocycles. The number of hydrogen-bond acceptors (Lipinski definition) is 2. The van der Waals surface area contributed by atoms with E-state index in [2.05, 4.69) is 5.43 Å². The zero-order chi connectivity index (χ0) is 17.3. The Kier molecular flexibility index (Phi) is 4.98. The van der Waals surface area contributed by atoms with Crippen molar-refractivity contribution in [2.75, 3.05) is 6.54 Å². The van der Waals surface area contributed by atoms with Gasteiger partial charge in [0.25, 0.3) is 0 Å². The van der Waals surface area contributed by atoms with E-state index in [1.165, 1.54) is 12.1 Å². The van der Waals surface area contributed by atoms with Crippen LogP contribution in [0.5, 0.6) is 0 Å². The van der Waals surface area contributed by atoms with E-state index in [9.17, 15) is 22.4 Å². The van der Waals surface area contributed by atoms with Gasteiger partial charge >= 0.3 is 6.18 Å². The minimum absolute atomic E-state index is 0.0204. The van der Waals surface area contributed by atoms with Crippen LogP contribution in [0.25, 0.3) is 0 Å². The van der Waals surface area contributed by atoms with Gasteiger partial charge in [-0.15, -0.1) is 0 Å². The molecule has 1 aliphatic heterocycles. The van der Waals surface area contributed by atoms with Gasteiger partial charge in [0.05, 0.1) is 5.41 Å². The number of halogens is 4. The summed E-state index contributed by atoms with van der Waals surface area (Å²) in [7, 11) is 0. The van der Waals surface area contributed by atoms with Crippen molar-refractivity contribution in [2.24, 2.45) is 5.41 Å². The maximum atomic E-state index is 13.3. The highest BCUT2D eigenvalue weighted by molar-refractivity contribution is 5.83. The van der Waals surface area contributed by atoms with E-state index in [1.807, 2.05) is 0 Å². The first kappa shape index (κ1) is 17.7. The Morgan fingerprint density at radius 1 is 1.26 bits per heavy atom. The summed E-state index contributed by atoms with van der Waals surface area (Å²) in [6.07, 6.45) is -3.83. The largest absolute Gasteiger partial charge is 0.405 e. The predicted octanol–water partition coefficient (Wildman–Crippen LogP) is 3.45. The van der Waals surface area contributed by atoms with Gasteiger partial charge in [-0.05, 0) is 50.8 Å². The highest BCUT2D eigenvalue weighted by Crippen LogP contribution is 2.33. The zero-order valence-electron chi connectivity index (χ0n) is 13.1. The SMILES string of the molecule is CC1(C)CN([C@@H](CCCc2ccc(F)cc2)C(F)(F)F)NC1=O. The minimum atomic E-state index is -4.42. The van der Waals surface area contributed by atoms with Gasteiger partial charge < -0.3 is 0 Å². The van der Waals surface area contributed by atoms with Crippen molar-refractivity contribution in [3.05, 3.63) is 35.6 Å². The summed E-state index contributed by atoms with van der Waals surface area (Å²) < 4.78 is 52.7. The fourth-order valence-electron chi connectivity index (χ4n) is 2.65. The van der Waals surface area contributed by atoms with Crippen LogP contribution < -0.4 is 5.43 Å². The van der Waals surface area contributed by atoms with Gasteiger partial charge in [-0.3, -0.25) is 10.2 Å². The van der Waals surface area contributed by atoms with Crippen molar-refractivity contribution < 1.29 is 22.4 Å². The molecule has 0 aromatic heterocycles. The van der Waals surface area contributed by atoms with Crippen molar-refractivity contribution in [1.82, 2.24) is 10.4 Å². The number of amides is 1. The first-order valence-corrected chi connectivity index (χ1v) is 7.48. The van der Waals surface area contributed by atoms with Crippen molar-refractivity contribution in [2.45, 2.75) is 45.3 Å². The number of alkyl halides is 3. The smallest absolute Gasteiger partial charge is 0.288 e. The molecule has 23 heavy (non-hydrogen) atoms. The normalized spacial score (nSPS) is 19.7. The van der Waals surface area contributed by atoms with Gasteiger partial charge in [-0.2, -0.15) is 13.2 Å². The van der Waals surface area contributed by atoms with Gasteiger partial charge in [0, 0.05) is 6.54 Å². The maximum absolute atomic E-state index is 13.3. The van der Waals surface area contributed by atoms with Crippen molar-refractivity contribution in [1.29, 1.82) is 0 Å². The van der Waals surface area contributed by atoms with Gasteiger partial charge in [0.2, 0.25) is 5.91 Å². The number of hydrazine groups is 1. The molecule has 1 N–H and O–H groups in total. The van der Waals surface area contributed by atoms with Crippen LogP contribution in [0.4, 0.5) is 17.6 Å². The average molecular weight is 332 g/mol. The third kappa shape index (κ3) is 4.43. The Morgan fingerprint density at radius 2 is 1.87 bits per heavy atom. The van der Waals surface area contributed by atoms with E-state index < -0.39 is 23.5 Å². The molecule has 0 unspecified atom stereocenters. The van der Waals surface area contributed by atoms with E-state index >= 15 is 0 Å². The number of nitrogens with one attached hydrogen (secondary N) is 1. The Bertz CT molecular complexity index is 554. The average Bonchev–Trinajstić information content (AvgIpc) is 2.69. The third-order valence-corrected chi connectivity index (χ3v) is 4.04. The van der Waals surface area contributed by atoms with Crippen molar-refractivity contribution in [3.63, 3.8) is 0 Å². The number of carbonyl (C=O) groups excluding carboxylic acids is 1. The summed E-state index contributed by atoms with van der Waals surface area (Å²) in [5.74, 6) is -0.769. The molecule has 1 aromatic carbocycles. The molecule has 7 heteroatoms. The molecule has 2 rings (SSSR count). The standard InChI is InChI=1S/C16H20F4N2O/c1-15(2)10-22(21-14(15)23)13(16(18,19)20)5-3-4-11-6-8-12(17)9-7-11/h6-9,13H,3-5,10H2,1-2H3,(H,21,23)/t13-/m0/s1. The molecule has 1 amide bonds. The third-order valence-electron chi connectivity index (χ3n) is 4.04. The summed E-state index contributed by atoms with van der Waals surface area (Å²) in [5, 5.41) is 0.993. The molecule has 0 radical (unpaired) electrons. The predicted molar refractivity (Wildman–Crippen MR) is 77.8 cm³/mol. The molecule has 1 aromatic rings. The van der Waals surface area contributed by atoms with Gasteiger partial charge in [0.1, 0.15) is 11.9 Å². The summed E-state index contributed by atoms with van der Waals surface area (Å²) in [6.45, 7) is 3.26. The second-order valence-corrected chi connectivity index (χ2v) is 6.53. The second-order valence-electron chi connectivity index (χ2n) is 6.53. The van der Waals surface area contributed by atoms with Gasteiger partial charge in [0.15, 0.2) is 0 Å². The maximum Gasteiger partial charge on any atom is 0.405 e. The van der Waals surface area contributed by atoms with Crippen molar-refractivity contribution >= 4 is 5.91 Å². The number of benzene rings is 1. The Hall–Kier alpha value is -1.63. The van der Waals surface area contributed by atoms with Crippen LogP contribution in [0.15, 0.2) is 24.3 Å². The zero-order valence-corrected chi connectivity index (χ0v) is 13.1. The van der Waals surface area contributed by atoms with E-state index in [0.29, 0.717) is 12.8 Å². The molecule has 1 atom stereocenters. The van der Waals surface area contributed by atoms with Gasteiger partial charge in [-0.25, -0.2) is 9.40 Å². The first-order valence-electron chi connectivity index (χ1n) is 7.48. The van der Waals surface area contributed by atoms with Crippen molar-refractivity contribution in [3.8, 4) is 0 Å². The number of hydrogen-bond donors (Lipinski definition) is 1. The molecule has 3 nitrogen and oxygen atoms in total. The number of nitrogens with zero attached hydrogens (tertiary/aromatic N) is 1. The fraction of sp³-hybridized carbons (Fsp3) is 0.562. The van der Waals surface area contributed by atoms with E-state index in [0.717, 1.165) is 10.6 Å². The van der Waals surface area contributed by atoms with Crippen LogP contribution in [0.1, 0.15) is 32.3 Å². The lowest BCUT2D eigenvalue weighted by Gasteiger charge is -2.29. The quantitative estimate of drug-likeness (QED) is 0.838. The second kappa shape index (κ2) is 6.47. The minimum Gasteiger partial charge on any atom is -0.288 e. The summed E-state index contributed by atoms with van der Waals surface area (Å²) in [5.41, 5.74) is 2.29. The Labute approximate surface area is 132 Å². The highest BCUT2D eigenvalue weighted by atomic mass is 19.4. The molecular weight excluding hydrogens is 312 g/mol. The molecule has 0 bridgehead atoms. The van der Waals surface area contributed by atoms with Crippen LogP contribution in [0.2, 0.25) is 0 Å². The lowest BCUT2D eigenvalue weighted by atomic mass is 9.94. The summed E-state index contributed by atoms with van der Waals surface area (Å²) in [4.78, 5) is 11.7. The molecule has 1 fully saturated rings. The molecule has 0 spiro atoms. The fourth-order valence-corrected chi connectivity index (χ4v) is 2.65.